The maximum Gasteiger partial charge on any atom is 0.254 e. The van der Waals surface area contributed by atoms with Crippen LogP contribution in [0.4, 0.5) is 17.2 Å². The zero-order valence-corrected chi connectivity index (χ0v) is 23.4. The molecule has 0 saturated heterocycles. The number of anilines is 3. The number of aromatic nitrogens is 2. The summed E-state index contributed by atoms with van der Waals surface area (Å²) in [6.07, 6.45) is 9.22. The number of nitrogens with one attached hydrogen (secondary N) is 1. The van der Waals surface area contributed by atoms with Crippen LogP contribution in [-0.4, -0.2) is 72.6 Å². The number of amides is 2. The van der Waals surface area contributed by atoms with Gasteiger partial charge in [0.2, 0.25) is 6.41 Å². The van der Waals surface area contributed by atoms with Crippen molar-refractivity contribution >= 4 is 41.7 Å². The molecule has 0 radical (unpaired) electrons. The van der Waals surface area contributed by atoms with Gasteiger partial charge in [-0.25, -0.2) is 9.98 Å². The molecule has 10 nitrogen and oxygen atoms in total. The SMILES string of the molecule is C=CN=CNC(CN(CC)C(=O)c1ccncc1)=N[C@H](C)Cc1ccc(N(C=O)c2ncccc2N(C)C)cc1. The van der Waals surface area contributed by atoms with Crippen LogP contribution in [0.3, 0.4) is 0 Å². The van der Waals surface area contributed by atoms with Crippen molar-refractivity contribution in [2.45, 2.75) is 26.3 Å². The molecule has 0 bridgehead atoms. The predicted molar refractivity (Wildman–Crippen MR) is 161 cm³/mol. The second-order valence-electron chi connectivity index (χ2n) is 9.17. The topological polar surface area (TPSA) is 106 Å². The molecule has 3 aromatic rings. The van der Waals surface area contributed by atoms with E-state index >= 15 is 0 Å². The molecular weight excluding hydrogens is 504 g/mol. The van der Waals surface area contributed by atoms with Gasteiger partial charge in [0.25, 0.3) is 5.91 Å². The highest BCUT2D eigenvalue weighted by molar-refractivity contribution is 5.99. The Labute approximate surface area is 235 Å². The maximum atomic E-state index is 13.0. The third-order valence-corrected chi connectivity index (χ3v) is 6.05. The van der Waals surface area contributed by atoms with Gasteiger partial charge in [-0.05, 0) is 62.2 Å². The number of rotatable bonds is 13. The molecule has 0 aliphatic carbocycles. The Morgan fingerprint density at radius 3 is 2.45 bits per heavy atom. The lowest BCUT2D eigenvalue weighted by Crippen LogP contribution is -2.41. The van der Waals surface area contributed by atoms with Crippen molar-refractivity contribution in [3.63, 3.8) is 0 Å². The van der Waals surface area contributed by atoms with Gasteiger partial charge in [-0.3, -0.25) is 24.5 Å². The van der Waals surface area contributed by atoms with E-state index in [4.69, 9.17) is 4.99 Å². The first-order chi connectivity index (χ1) is 19.4. The Hall–Kier alpha value is -4.86. The molecule has 2 aromatic heterocycles. The van der Waals surface area contributed by atoms with E-state index in [0.717, 1.165) is 17.7 Å². The summed E-state index contributed by atoms with van der Waals surface area (Å²) in [6, 6.07) is 14.8. The van der Waals surface area contributed by atoms with Crippen molar-refractivity contribution in [1.29, 1.82) is 0 Å². The highest BCUT2D eigenvalue weighted by Crippen LogP contribution is 2.30. The second-order valence-corrected chi connectivity index (χ2v) is 9.17. The Balaban J connectivity index is 1.76. The summed E-state index contributed by atoms with van der Waals surface area (Å²) in [5.41, 5.74) is 3.17. The van der Waals surface area contributed by atoms with Gasteiger partial charge in [0, 0.05) is 51.0 Å². The van der Waals surface area contributed by atoms with E-state index in [1.807, 2.05) is 69.2 Å². The number of likely N-dealkylation sites (N-methyl/N-ethyl adjacent to an activating group) is 1. The first kappa shape index (κ1) is 29.7. The lowest BCUT2D eigenvalue weighted by atomic mass is 10.1. The van der Waals surface area contributed by atoms with Gasteiger partial charge in [-0.1, -0.05) is 18.7 Å². The number of amidine groups is 1. The van der Waals surface area contributed by atoms with E-state index in [0.29, 0.717) is 35.9 Å². The minimum Gasteiger partial charge on any atom is -0.375 e. The van der Waals surface area contributed by atoms with Crippen molar-refractivity contribution in [1.82, 2.24) is 20.2 Å². The first-order valence-corrected chi connectivity index (χ1v) is 13.0. The fraction of sp³-hybridized carbons (Fsp3) is 0.267. The summed E-state index contributed by atoms with van der Waals surface area (Å²) in [4.78, 5) is 47.5. The molecule has 0 unspecified atom stereocenters. The molecule has 2 heterocycles. The third kappa shape index (κ3) is 8.07. The summed E-state index contributed by atoms with van der Waals surface area (Å²) in [5, 5.41) is 3.10. The standard InChI is InChI=1S/C30H36N8O2/c1-6-31-21-34-28(20-37(7-2)30(40)25-14-17-32-18-15-25)35-23(3)19-24-10-12-26(13-11-24)38(22-39)29-27(36(4)5)9-8-16-33-29/h6,8-18,21-23H,1,7,19-20H2,2-5H3,(H,31,34,35)/t23-/m1/s1. The molecule has 10 heteroatoms. The number of carbonyl (C=O) groups excluding carboxylic acids is 2. The minimum atomic E-state index is -0.103. The van der Waals surface area contributed by atoms with Crippen LogP contribution >= 0.6 is 0 Å². The highest BCUT2D eigenvalue weighted by atomic mass is 16.2. The van der Waals surface area contributed by atoms with Gasteiger partial charge in [-0.2, -0.15) is 0 Å². The smallest absolute Gasteiger partial charge is 0.254 e. The van der Waals surface area contributed by atoms with E-state index in [-0.39, 0.29) is 18.5 Å². The monoisotopic (exact) mass is 540 g/mol. The maximum absolute atomic E-state index is 13.0. The molecule has 0 aliphatic rings. The number of hydrogen-bond donors (Lipinski definition) is 1. The summed E-state index contributed by atoms with van der Waals surface area (Å²) in [6.45, 7) is 8.33. The van der Waals surface area contributed by atoms with Crippen LogP contribution in [0.2, 0.25) is 0 Å². The molecular formula is C30H36N8O2. The molecule has 1 aromatic carbocycles. The zero-order valence-electron chi connectivity index (χ0n) is 23.4. The van der Waals surface area contributed by atoms with Crippen molar-refractivity contribution in [3.05, 3.63) is 91.0 Å². The van der Waals surface area contributed by atoms with Crippen molar-refractivity contribution in [3.8, 4) is 0 Å². The van der Waals surface area contributed by atoms with E-state index in [2.05, 4.69) is 26.9 Å². The summed E-state index contributed by atoms with van der Waals surface area (Å²) in [7, 11) is 3.82. The molecule has 1 N–H and O–H groups in total. The van der Waals surface area contributed by atoms with Crippen LogP contribution < -0.4 is 15.1 Å². The molecule has 0 aliphatic heterocycles. The van der Waals surface area contributed by atoms with Crippen LogP contribution in [0.5, 0.6) is 0 Å². The molecule has 208 valence electrons. The molecule has 0 spiro atoms. The fourth-order valence-electron chi connectivity index (χ4n) is 4.07. The van der Waals surface area contributed by atoms with Gasteiger partial charge in [-0.15, -0.1) is 0 Å². The van der Waals surface area contributed by atoms with Gasteiger partial charge in [0.05, 0.1) is 30.3 Å². The second kappa shape index (κ2) is 14.9. The van der Waals surface area contributed by atoms with E-state index in [1.165, 1.54) is 17.4 Å². The number of pyridine rings is 2. The number of nitrogens with zero attached hydrogens (tertiary/aromatic N) is 7. The van der Waals surface area contributed by atoms with Gasteiger partial charge in [0.15, 0.2) is 5.82 Å². The van der Waals surface area contributed by atoms with Crippen LogP contribution in [0.25, 0.3) is 0 Å². The molecule has 2 amide bonds. The minimum absolute atomic E-state index is 0.0986. The Morgan fingerprint density at radius 2 is 1.82 bits per heavy atom. The van der Waals surface area contributed by atoms with E-state index < -0.39 is 0 Å². The van der Waals surface area contributed by atoms with Crippen LogP contribution in [0, 0.1) is 0 Å². The predicted octanol–water partition coefficient (Wildman–Crippen LogP) is 4.09. The average Bonchev–Trinajstić information content (AvgIpc) is 2.97. The van der Waals surface area contributed by atoms with Crippen molar-refractivity contribution in [2.24, 2.45) is 9.98 Å². The number of benzene rings is 1. The molecule has 0 saturated carbocycles. The third-order valence-electron chi connectivity index (χ3n) is 6.05. The van der Waals surface area contributed by atoms with E-state index in [9.17, 15) is 9.59 Å². The normalized spacial score (nSPS) is 12.1. The Kier molecular flexibility index (Phi) is 11.1. The largest absolute Gasteiger partial charge is 0.375 e. The first-order valence-electron chi connectivity index (χ1n) is 13.0. The Morgan fingerprint density at radius 1 is 1.10 bits per heavy atom. The summed E-state index contributed by atoms with van der Waals surface area (Å²) in [5.74, 6) is 1.07. The van der Waals surface area contributed by atoms with Crippen LogP contribution in [-0.2, 0) is 11.2 Å². The molecule has 3 rings (SSSR count). The van der Waals surface area contributed by atoms with Gasteiger partial charge < -0.3 is 15.1 Å². The highest BCUT2D eigenvalue weighted by Gasteiger charge is 2.18. The van der Waals surface area contributed by atoms with Crippen molar-refractivity contribution in [2.75, 3.05) is 37.0 Å². The summed E-state index contributed by atoms with van der Waals surface area (Å²) >= 11 is 0. The summed E-state index contributed by atoms with van der Waals surface area (Å²) < 4.78 is 0. The molecule has 40 heavy (non-hydrogen) atoms. The Bertz CT molecular complexity index is 1320. The molecule has 1 atom stereocenters. The molecule has 0 fully saturated rings. The number of hydrogen-bond acceptors (Lipinski definition) is 7. The van der Waals surface area contributed by atoms with Crippen molar-refractivity contribution < 1.29 is 9.59 Å². The zero-order chi connectivity index (χ0) is 28.9. The lowest BCUT2D eigenvalue weighted by molar-refractivity contribution is -0.106. The van der Waals surface area contributed by atoms with Crippen LogP contribution in [0.1, 0.15) is 29.8 Å². The number of aliphatic imine (C=N–C) groups is 2. The van der Waals surface area contributed by atoms with E-state index in [1.54, 1.807) is 35.6 Å². The number of carbonyl (C=O) groups is 2. The van der Waals surface area contributed by atoms with Crippen LogP contribution in [0.15, 0.2) is 89.9 Å². The van der Waals surface area contributed by atoms with Gasteiger partial charge in [0.1, 0.15) is 5.84 Å². The quantitative estimate of drug-likeness (QED) is 0.199. The average molecular weight is 541 g/mol. The van der Waals surface area contributed by atoms with Gasteiger partial charge >= 0.3 is 0 Å². The lowest BCUT2D eigenvalue weighted by Gasteiger charge is -2.23. The fourth-order valence-corrected chi connectivity index (χ4v) is 4.07.